The average Bonchev–Trinajstić information content (AvgIpc) is 3.64. The van der Waals surface area contributed by atoms with Gasteiger partial charge in [-0.2, -0.15) is 5.10 Å². The maximum Gasteiger partial charge on any atom is 0.179 e. The molecule has 57 heavy (non-hydrogen) atoms. The molecule has 1 heterocycles. The molecule has 0 aliphatic rings. The van der Waals surface area contributed by atoms with E-state index >= 15 is 0 Å². The molecule has 0 radical (unpaired) electrons. The molecule has 0 spiro atoms. The smallest absolute Gasteiger partial charge is 0.179 e. The van der Waals surface area contributed by atoms with Crippen LogP contribution in [0.5, 0.6) is 0 Å². The molecule has 2 unspecified atom stereocenters. The second-order valence-corrected chi connectivity index (χ2v) is 17.1. The molecule has 5 rings (SSSR count). The van der Waals surface area contributed by atoms with Gasteiger partial charge in [-0.25, -0.2) is 9.67 Å². The number of carbonyl (C=O) groups excluding carboxylic acids is 2. The third kappa shape index (κ3) is 16.2. The molecule has 4 aromatic carbocycles. The first-order valence-corrected chi connectivity index (χ1v) is 21.7. The molecule has 7 nitrogen and oxygen atoms in total. The van der Waals surface area contributed by atoms with Crippen molar-refractivity contribution in [2.24, 2.45) is 0 Å². The summed E-state index contributed by atoms with van der Waals surface area (Å²) in [7, 11) is 0. The summed E-state index contributed by atoms with van der Waals surface area (Å²) in [5, 5.41) is 26.7. The van der Waals surface area contributed by atoms with Crippen molar-refractivity contribution in [3.8, 4) is 23.7 Å². The van der Waals surface area contributed by atoms with Crippen LogP contribution >= 0.6 is 133 Å². The van der Waals surface area contributed by atoms with E-state index < -0.39 is 11.2 Å². The molecule has 0 amide bonds. The highest BCUT2D eigenvalue weighted by atomic mass is 79.9. The molecule has 0 bridgehead atoms. The van der Waals surface area contributed by atoms with E-state index in [0.29, 0.717) is 42.3 Å². The number of hydrogen-bond donors (Lipinski definition) is 2. The van der Waals surface area contributed by atoms with Gasteiger partial charge >= 0.3 is 0 Å². The van der Waals surface area contributed by atoms with E-state index in [1.54, 1.807) is 80.6 Å². The third-order valence-electron chi connectivity index (χ3n) is 7.13. The van der Waals surface area contributed by atoms with Gasteiger partial charge < -0.3 is 10.2 Å². The number of aliphatic hydroxyl groups is 2. The second-order valence-electron chi connectivity index (χ2n) is 11.3. The average molecular weight is 1150 g/mol. The van der Waals surface area contributed by atoms with Crippen LogP contribution in [0.15, 0.2) is 103 Å². The van der Waals surface area contributed by atoms with Gasteiger partial charge in [0.2, 0.25) is 0 Å². The lowest BCUT2D eigenvalue weighted by molar-refractivity contribution is 0.0759. The van der Waals surface area contributed by atoms with Gasteiger partial charge in [-0.1, -0.05) is 134 Å². The molecule has 300 valence electrons. The Kier molecular flexibility index (Phi) is 22.4. The highest BCUT2D eigenvalue weighted by molar-refractivity contribution is 9.11. The van der Waals surface area contributed by atoms with Crippen molar-refractivity contribution in [1.82, 2.24) is 14.8 Å². The van der Waals surface area contributed by atoms with Crippen LogP contribution < -0.4 is 0 Å². The third-order valence-corrected chi connectivity index (χ3v) is 11.0. The van der Waals surface area contributed by atoms with Crippen LogP contribution in [0.25, 0.3) is 0 Å². The summed E-state index contributed by atoms with van der Waals surface area (Å²) in [6.45, 7) is 4.97. The zero-order valence-corrected chi connectivity index (χ0v) is 40.9. The first-order chi connectivity index (χ1) is 26.8. The lowest BCUT2D eigenvalue weighted by Crippen LogP contribution is -2.30. The van der Waals surface area contributed by atoms with E-state index in [4.69, 9.17) is 69.6 Å². The highest BCUT2D eigenvalue weighted by Gasteiger charge is 2.31. The van der Waals surface area contributed by atoms with Gasteiger partial charge in [0.1, 0.15) is 12.7 Å². The number of nitrogens with zero attached hydrogens (tertiary/aromatic N) is 3. The van der Waals surface area contributed by atoms with Crippen molar-refractivity contribution in [1.29, 1.82) is 0 Å². The van der Waals surface area contributed by atoms with Crippen LogP contribution in [0.3, 0.4) is 0 Å². The maximum atomic E-state index is 11.1. The first-order valence-electron chi connectivity index (χ1n) is 16.0. The molecular weight excluding hydrogens is 1120 g/mol. The molecule has 0 saturated heterocycles. The summed E-state index contributed by atoms with van der Waals surface area (Å²) < 4.78 is 4.93. The molecule has 0 saturated carbocycles. The van der Waals surface area contributed by atoms with Crippen molar-refractivity contribution in [3.63, 3.8) is 0 Å². The Hall–Kier alpha value is -1.94. The van der Waals surface area contributed by atoms with Crippen molar-refractivity contribution in [2.45, 2.75) is 38.5 Å². The van der Waals surface area contributed by atoms with Crippen LogP contribution in [0, 0.1) is 23.7 Å². The lowest BCUT2D eigenvalue weighted by atomic mass is 9.94. The molecule has 0 aliphatic heterocycles. The summed E-state index contributed by atoms with van der Waals surface area (Å²) in [6.07, 6.45) is 2.93. The normalized spacial score (nSPS) is 12.1. The number of hydrogen-bond acceptors (Lipinski definition) is 6. The Balaban J connectivity index is 0.000000269. The summed E-state index contributed by atoms with van der Waals surface area (Å²) >= 11 is 48.0. The van der Waals surface area contributed by atoms with Gasteiger partial charge in [0.05, 0.1) is 28.4 Å². The maximum absolute atomic E-state index is 11.1. The molecule has 1 aromatic heterocycles. The molecule has 0 fully saturated rings. The minimum Gasteiger partial charge on any atom is -0.372 e. The van der Waals surface area contributed by atoms with Gasteiger partial charge in [0.25, 0.3) is 0 Å². The summed E-state index contributed by atoms with van der Waals surface area (Å²) in [4.78, 5) is 25.8. The van der Waals surface area contributed by atoms with E-state index in [1.807, 2.05) is 6.07 Å². The van der Waals surface area contributed by atoms with E-state index in [-0.39, 0.29) is 29.9 Å². The largest absolute Gasteiger partial charge is 0.372 e. The zero-order valence-electron chi connectivity index (χ0n) is 30.0. The number of carbonyl (C=O) groups is 2. The Morgan fingerprint density at radius 1 is 0.684 bits per heavy atom. The lowest BCUT2D eigenvalue weighted by Gasteiger charge is -2.23. The summed E-state index contributed by atoms with van der Waals surface area (Å²) in [6, 6.07) is 20.7. The zero-order chi connectivity index (χ0) is 42.9. The molecule has 2 atom stereocenters. The topological polar surface area (TPSA) is 105 Å². The number of ketones is 2. The molecule has 5 aromatic rings. The van der Waals surface area contributed by atoms with Crippen LogP contribution in [-0.4, -0.2) is 48.3 Å². The Labute approximate surface area is 395 Å². The number of benzene rings is 4. The number of aromatic nitrogens is 3. The fraction of sp³-hybridized carbons (Fsp3) is 0.200. The molecule has 0 aliphatic carbocycles. The van der Waals surface area contributed by atoms with E-state index in [1.165, 1.54) is 24.3 Å². The SMILES string of the molecule is CC#CC(O)(CCl)c1ccc(Br)cc1Cl.CC#CC(O)(Cn1cncn1)c1ccc(Br)cc1Cl.CC(=O)c1ccc(Br)cc1Cl.O=C(CCl)c1ccc(Br)cc1Cl. The predicted molar refractivity (Wildman–Crippen MR) is 247 cm³/mol. The van der Waals surface area contributed by atoms with Crippen molar-refractivity contribution >= 4 is 145 Å². The van der Waals surface area contributed by atoms with Gasteiger partial charge in [-0.05, 0) is 81.4 Å². The molecule has 2 N–H and O–H groups in total. The minimum atomic E-state index is -1.40. The second kappa shape index (κ2) is 25.0. The summed E-state index contributed by atoms with van der Waals surface area (Å²) in [5.74, 6) is 10.6. The number of alkyl halides is 2. The first kappa shape index (κ1) is 51.2. The van der Waals surface area contributed by atoms with E-state index in [0.717, 1.165) is 17.9 Å². The predicted octanol–water partition coefficient (Wildman–Crippen LogP) is 13.0. The van der Waals surface area contributed by atoms with Gasteiger partial charge in [0.15, 0.2) is 22.8 Å². The van der Waals surface area contributed by atoms with Crippen LogP contribution in [-0.2, 0) is 17.7 Å². The van der Waals surface area contributed by atoms with E-state index in [9.17, 15) is 19.8 Å². The van der Waals surface area contributed by atoms with Crippen molar-refractivity contribution in [3.05, 3.63) is 146 Å². The molecule has 17 heteroatoms. The summed E-state index contributed by atoms with van der Waals surface area (Å²) in [5.41, 5.74) is -0.683. The fourth-order valence-corrected chi connectivity index (χ4v) is 8.14. The fourth-order valence-electron chi connectivity index (χ4n) is 4.54. The van der Waals surface area contributed by atoms with Crippen LogP contribution in [0.2, 0.25) is 20.1 Å². The standard InChI is InChI=1S/C13H11BrClN3O.C11H9BrCl2O.C8H5BrCl2O.C8H6BrClO/c1-2-5-13(19,7-18-9-16-8-17-18)11-4-3-10(14)6-12(11)15;1-2-5-11(15,7-13)9-4-3-8(12)6-10(9)14;9-5-1-2-6(7(11)3-5)8(12)4-10;1-5(11)7-3-2-6(9)4-8(7)10/h3-4,6,8-9,19H,7H2,1H3;3-4,6,15H,7H2,1H3;1-3H,4H2;2-4H,1H3. The molecular formula is C40H31Br4Cl6N3O4. The highest BCUT2D eigenvalue weighted by Crippen LogP contribution is 2.33. The van der Waals surface area contributed by atoms with Crippen molar-refractivity contribution in [2.75, 3.05) is 11.8 Å². The number of rotatable bonds is 8. The van der Waals surface area contributed by atoms with Crippen LogP contribution in [0.4, 0.5) is 0 Å². The Bertz CT molecular complexity index is 2290. The van der Waals surface area contributed by atoms with Gasteiger partial charge in [-0.3, -0.25) is 9.59 Å². The minimum absolute atomic E-state index is 0.0116. The van der Waals surface area contributed by atoms with Crippen molar-refractivity contribution < 1.29 is 19.8 Å². The van der Waals surface area contributed by atoms with Crippen LogP contribution in [0.1, 0.15) is 52.6 Å². The van der Waals surface area contributed by atoms with Gasteiger partial charge in [0, 0.05) is 50.2 Å². The number of Topliss-reactive ketones (excluding diaryl/α,β-unsaturated/α-hetero) is 2. The Morgan fingerprint density at radius 3 is 1.47 bits per heavy atom. The Morgan fingerprint density at radius 2 is 1.11 bits per heavy atom. The number of halogens is 10. The van der Waals surface area contributed by atoms with Gasteiger partial charge in [-0.15, -0.1) is 35.0 Å². The van der Waals surface area contributed by atoms with E-state index in [2.05, 4.69) is 97.5 Å². The monoisotopic (exact) mass is 1140 g/mol. The quantitative estimate of drug-likeness (QED) is 0.0911.